The molecule has 0 radical (unpaired) electrons. The highest BCUT2D eigenvalue weighted by Crippen LogP contribution is 2.40. The highest BCUT2D eigenvalue weighted by Gasteiger charge is 2.27. The Morgan fingerprint density at radius 1 is 1.26 bits per heavy atom. The van der Waals surface area contributed by atoms with Gasteiger partial charge in [-0.2, -0.15) is 0 Å². The normalized spacial score (nSPS) is 18.6. The lowest BCUT2D eigenvalue weighted by molar-refractivity contribution is 0.496. The van der Waals surface area contributed by atoms with E-state index >= 15 is 0 Å². The topological polar surface area (TPSA) is 26.0 Å². The molecule has 0 heterocycles. The molecule has 2 heteroatoms. The number of fused-ring (bicyclic) bond motifs is 1. The summed E-state index contributed by atoms with van der Waals surface area (Å²) in [4.78, 5) is 0. The van der Waals surface area contributed by atoms with Crippen molar-refractivity contribution in [2.24, 2.45) is 5.73 Å². The molecule has 0 saturated heterocycles. The zero-order chi connectivity index (χ0) is 13.4. The van der Waals surface area contributed by atoms with E-state index in [2.05, 4.69) is 24.3 Å². The highest BCUT2D eigenvalue weighted by molar-refractivity contribution is 5.40. The lowest BCUT2D eigenvalue weighted by Crippen LogP contribution is -2.22. The number of aryl methyl sites for hydroxylation is 1. The van der Waals surface area contributed by atoms with Gasteiger partial charge >= 0.3 is 0 Å². The van der Waals surface area contributed by atoms with E-state index in [1.54, 1.807) is 19.1 Å². The van der Waals surface area contributed by atoms with Crippen LogP contribution in [-0.2, 0) is 6.42 Å². The second-order valence-electron chi connectivity index (χ2n) is 5.45. The quantitative estimate of drug-likeness (QED) is 0.885. The predicted octanol–water partition coefficient (Wildman–Crippen LogP) is 3.86. The van der Waals surface area contributed by atoms with Crippen LogP contribution in [0.25, 0.3) is 0 Å². The van der Waals surface area contributed by atoms with Gasteiger partial charge in [-0.15, -0.1) is 0 Å². The molecule has 98 valence electrons. The minimum Gasteiger partial charge on any atom is -0.324 e. The second-order valence-corrected chi connectivity index (χ2v) is 5.45. The van der Waals surface area contributed by atoms with Crippen LogP contribution in [0, 0.1) is 12.7 Å². The maximum atomic E-state index is 13.6. The zero-order valence-corrected chi connectivity index (χ0v) is 11.1. The first-order valence-electron chi connectivity index (χ1n) is 6.74. The molecule has 2 N–H and O–H groups in total. The zero-order valence-electron chi connectivity index (χ0n) is 11.1. The van der Waals surface area contributed by atoms with E-state index in [1.165, 1.54) is 11.1 Å². The molecule has 1 aliphatic carbocycles. The van der Waals surface area contributed by atoms with Gasteiger partial charge in [-0.1, -0.05) is 36.4 Å². The summed E-state index contributed by atoms with van der Waals surface area (Å²) in [6.07, 6.45) is 1.98. The van der Waals surface area contributed by atoms with Crippen LogP contribution in [0.4, 0.5) is 4.39 Å². The first kappa shape index (κ1) is 12.4. The lowest BCUT2D eigenvalue weighted by Gasteiger charge is -2.32. The van der Waals surface area contributed by atoms with Crippen LogP contribution in [0.3, 0.4) is 0 Å². The lowest BCUT2D eigenvalue weighted by atomic mass is 9.74. The molecule has 1 nitrogen and oxygen atoms in total. The van der Waals surface area contributed by atoms with Crippen molar-refractivity contribution in [3.05, 3.63) is 70.5 Å². The minimum absolute atomic E-state index is 0.0894. The van der Waals surface area contributed by atoms with E-state index in [-0.39, 0.29) is 11.9 Å². The maximum absolute atomic E-state index is 13.6. The van der Waals surface area contributed by atoms with Crippen molar-refractivity contribution in [3.8, 4) is 0 Å². The standard InChI is InChI=1S/C17H18FN/c1-11-6-7-13(9-16(11)18)17(19)10-14-8-12-4-2-3-5-15(12)14/h2-7,9,14,17H,8,10,19H2,1H3. The van der Waals surface area contributed by atoms with Crippen LogP contribution in [-0.4, -0.2) is 0 Å². The Labute approximate surface area is 113 Å². The summed E-state index contributed by atoms with van der Waals surface area (Å²) in [5.41, 5.74) is 10.6. The first-order chi connectivity index (χ1) is 9.15. The molecule has 2 unspecified atom stereocenters. The van der Waals surface area contributed by atoms with Crippen LogP contribution >= 0.6 is 0 Å². The van der Waals surface area contributed by atoms with E-state index in [0.717, 1.165) is 18.4 Å². The highest BCUT2D eigenvalue weighted by atomic mass is 19.1. The van der Waals surface area contributed by atoms with E-state index in [1.807, 2.05) is 6.07 Å². The smallest absolute Gasteiger partial charge is 0.126 e. The number of hydrogen-bond acceptors (Lipinski definition) is 1. The van der Waals surface area contributed by atoms with Crippen LogP contribution in [0.15, 0.2) is 42.5 Å². The van der Waals surface area contributed by atoms with Gasteiger partial charge in [0.1, 0.15) is 5.82 Å². The van der Waals surface area contributed by atoms with E-state index in [9.17, 15) is 4.39 Å². The molecule has 1 aliphatic rings. The summed E-state index contributed by atoms with van der Waals surface area (Å²) in [7, 11) is 0. The molecule has 0 fully saturated rings. The number of benzene rings is 2. The van der Waals surface area contributed by atoms with Crippen molar-refractivity contribution >= 4 is 0 Å². The van der Waals surface area contributed by atoms with Crippen molar-refractivity contribution in [1.82, 2.24) is 0 Å². The molecule has 0 saturated carbocycles. The molecule has 0 aliphatic heterocycles. The molecule has 0 aromatic heterocycles. The van der Waals surface area contributed by atoms with Crippen molar-refractivity contribution in [2.75, 3.05) is 0 Å². The molecule has 0 bridgehead atoms. The fraction of sp³-hybridized carbons (Fsp3) is 0.294. The van der Waals surface area contributed by atoms with Crippen LogP contribution < -0.4 is 5.73 Å². The molecule has 0 spiro atoms. The Kier molecular flexibility index (Phi) is 3.11. The molecular weight excluding hydrogens is 237 g/mol. The molecule has 2 aromatic carbocycles. The molecular formula is C17H18FN. The number of halogens is 1. The van der Waals surface area contributed by atoms with Gasteiger partial charge in [-0.25, -0.2) is 4.39 Å². The largest absolute Gasteiger partial charge is 0.324 e. The van der Waals surface area contributed by atoms with Crippen molar-refractivity contribution in [1.29, 1.82) is 0 Å². The third-order valence-corrected chi connectivity index (χ3v) is 4.12. The van der Waals surface area contributed by atoms with Crippen LogP contribution in [0.1, 0.15) is 40.6 Å². The Morgan fingerprint density at radius 2 is 2.05 bits per heavy atom. The molecule has 2 aromatic rings. The van der Waals surface area contributed by atoms with Gasteiger partial charge in [0.05, 0.1) is 0 Å². The third kappa shape index (κ3) is 2.28. The summed E-state index contributed by atoms with van der Waals surface area (Å²) in [5, 5.41) is 0. The van der Waals surface area contributed by atoms with E-state index in [4.69, 9.17) is 5.73 Å². The Hall–Kier alpha value is -1.67. The molecule has 3 rings (SSSR count). The average Bonchev–Trinajstić information content (AvgIpc) is 2.39. The van der Waals surface area contributed by atoms with Crippen molar-refractivity contribution < 1.29 is 4.39 Å². The average molecular weight is 255 g/mol. The predicted molar refractivity (Wildman–Crippen MR) is 75.6 cm³/mol. The van der Waals surface area contributed by atoms with E-state index in [0.29, 0.717) is 11.5 Å². The van der Waals surface area contributed by atoms with Crippen molar-refractivity contribution in [3.63, 3.8) is 0 Å². The second kappa shape index (κ2) is 4.78. The summed E-state index contributed by atoms with van der Waals surface area (Å²) < 4.78 is 13.6. The maximum Gasteiger partial charge on any atom is 0.126 e. The number of hydrogen-bond donors (Lipinski definition) is 1. The number of nitrogens with two attached hydrogens (primary N) is 1. The van der Waals surface area contributed by atoms with E-state index < -0.39 is 0 Å². The summed E-state index contributed by atoms with van der Waals surface area (Å²) in [5.74, 6) is 0.359. The molecule has 0 amide bonds. The molecule has 2 atom stereocenters. The fourth-order valence-corrected chi connectivity index (χ4v) is 2.86. The number of rotatable bonds is 3. The van der Waals surface area contributed by atoms with Gasteiger partial charge in [0.15, 0.2) is 0 Å². The molecule has 19 heavy (non-hydrogen) atoms. The summed E-state index contributed by atoms with van der Waals surface area (Å²) in [6.45, 7) is 1.77. The van der Waals surface area contributed by atoms with Gasteiger partial charge < -0.3 is 5.73 Å². The van der Waals surface area contributed by atoms with Crippen LogP contribution in [0.5, 0.6) is 0 Å². The first-order valence-corrected chi connectivity index (χ1v) is 6.74. The van der Waals surface area contributed by atoms with Gasteiger partial charge in [0.2, 0.25) is 0 Å². The van der Waals surface area contributed by atoms with Gasteiger partial charge in [-0.05, 0) is 54.0 Å². The monoisotopic (exact) mass is 255 g/mol. The fourth-order valence-electron chi connectivity index (χ4n) is 2.86. The van der Waals surface area contributed by atoms with Crippen LogP contribution in [0.2, 0.25) is 0 Å². The van der Waals surface area contributed by atoms with Crippen molar-refractivity contribution in [2.45, 2.75) is 31.7 Å². The third-order valence-electron chi connectivity index (χ3n) is 4.12. The Balaban J connectivity index is 1.73. The van der Waals surface area contributed by atoms with Gasteiger partial charge in [-0.3, -0.25) is 0 Å². The minimum atomic E-state index is -0.165. The Morgan fingerprint density at radius 3 is 2.79 bits per heavy atom. The van der Waals surface area contributed by atoms with Gasteiger partial charge in [0.25, 0.3) is 0 Å². The van der Waals surface area contributed by atoms with Gasteiger partial charge in [0, 0.05) is 6.04 Å². The summed E-state index contributed by atoms with van der Waals surface area (Å²) >= 11 is 0. The summed E-state index contributed by atoms with van der Waals surface area (Å²) in [6, 6.07) is 13.7. The Bertz CT molecular complexity index is 606. The SMILES string of the molecule is Cc1ccc(C(N)CC2Cc3ccccc32)cc1F.